The number of amides is 2. The lowest BCUT2D eigenvalue weighted by atomic mass is 10.1. The minimum absolute atomic E-state index is 0.123. The molecule has 1 aliphatic heterocycles. The van der Waals surface area contributed by atoms with Crippen LogP contribution in [0.2, 0.25) is 0 Å². The number of likely N-dealkylation sites (tertiary alicyclic amines) is 1. The number of aromatic nitrogens is 2. The van der Waals surface area contributed by atoms with Crippen molar-refractivity contribution in [3.8, 4) is 0 Å². The molecule has 0 radical (unpaired) electrons. The van der Waals surface area contributed by atoms with Gasteiger partial charge in [-0.05, 0) is 39.2 Å². The average molecular weight is 346 g/mol. The van der Waals surface area contributed by atoms with Gasteiger partial charge in [0.1, 0.15) is 10.7 Å². The van der Waals surface area contributed by atoms with E-state index in [0.717, 1.165) is 47.4 Å². The summed E-state index contributed by atoms with van der Waals surface area (Å²) in [6, 6.07) is 0. The van der Waals surface area contributed by atoms with E-state index >= 15 is 0 Å². The molecule has 0 unspecified atom stereocenters. The summed E-state index contributed by atoms with van der Waals surface area (Å²) in [7, 11) is 0. The van der Waals surface area contributed by atoms with Crippen molar-refractivity contribution in [1.82, 2.24) is 20.2 Å². The number of aryl methyl sites for hydroxylation is 3. The van der Waals surface area contributed by atoms with E-state index in [1.807, 2.05) is 25.7 Å². The number of nitrogens with one attached hydrogen (secondary N) is 1. The number of nitrogens with zero attached hydrogens (tertiary/aromatic N) is 3. The van der Waals surface area contributed by atoms with Crippen molar-refractivity contribution >= 4 is 33.4 Å². The van der Waals surface area contributed by atoms with Crippen molar-refractivity contribution in [3.05, 3.63) is 22.0 Å². The van der Waals surface area contributed by atoms with E-state index in [-0.39, 0.29) is 11.8 Å². The molecule has 2 aromatic heterocycles. The summed E-state index contributed by atoms with van der Waals surface area (Å²) in [6.45, 7) is 7.78. The van der Waals surface area contributed by atoms with Gasteiger partial charge in [-0.2, -0.15) is 0 Å². The fraction of sp³-hybridized carbons (Fsp3) is 0.529. The molecule has 6 nitrogen and oxygen atoms in total. The van der Waals surface area contributed by atoms with Crippen molar-refractivity contribution in [1.29, 1.82) is 0 Å². The Balaban J connectivity index is 1.67. The second-order valence-electron chi connectivity index (χ2n) is 6.19. The molecule has 0 bridgehead atoms. The topological polar surface area (TPSA) is 75.2 Å². The van der Waals surface area contributed by atoms with Crippen molar-refractivity contribution in [2.24, 2.45) is 0 Å². The standard InChI is InChI=1S/C17H22N4O2S/c1-10-14-11(2)19-12(3)20-17(14)24-15(10)16(23)18-7-6-13(22)21-8-4-5-9-21/h4-9H2,1-3H3,(H,18,23). The molecule has 0 aromatic carbocycles. The molecule has 2 aromatic rings. The van der Waals surface area contributed by atoms with Gasteiger partial charge in [-0.15, -0.1) is 11.3 Å². The highest BCUT2D eigenvalue weighted by molar-refractivity contribution is 7.20. The van der Waals surface area contributed by atoms with E-state index in [4.69, 9.17) is 0 Å². The quantitative estimate of drug-likeness (QED) is 0.922. The number of fused-ring (bicyclic) bond motifs is 1. The van der Waals surface area contributed by atoms with Crippen molar-refractivity contribution in [3.63, 3.8) is 0 Å². The van der Waals surface area contributed by atoms with Crippen LogP contribution in [0.3, 0.4) is 0 Å². The number of carbonyl (C=O) groups is 2. The SMILES string of the molecule is Cc1nc(C)c2c(C)c(C(=O)NCCC(=O)N3CCCC3)sc2n1. The third-order valence-electron chi connectivity index (χ3n) is 4.37. The molecule has 1 aliphatic rings. The summed E-state index contributed by atoms with van der Waals surface area (Å²) < 4.78 is 0. The Kier molecular flexibility index (Phi) is 4.80. The van der Waals surface area contributed by atoms with Crippen LogP contribution >= 0.6 is 11.3 Å². The molecule has 1 N–H and O–H groups in total. The van der Waals surface area contributed by atoms with Gasteiger partial charge in [0.15, 0.2) is 0 Å². The second-order valence-corrected chi connectivity index (χ2v) is 7.19. The molecular weight excluding hydrogens is 324 g/mol. The van der Waals surface area contributed by atoms with E-state index in [1.54, 1.807) is 0 Å². The van der Waals surface area contributed by atoms with Crippen molar-refractivity contribution < 1.29 is 9.59 Å². The first kappa shape index (κ1) is 16.8. The molecule has 128 valence electrons. The third kappa shape index (κ3) is 3.26. The molecule has 7 heteroatoms. The monoisotopic (exact) mass is 346 g/mol. The molecule has 1 fully saturated rings. The maximum atomic E-state index is 12.5. The smallest absolute Gasteiger partial charge is 0.261 e. The van der Waals surface area contributed by atoms with Crippen LogP contribution in [-0.2, 0) is 4.79 Å². The predicted molar refractivity (Wildman–Crippen MR) is 94.4 cm³/mol. The first-order chi connectivity index (χ1) is 11.5. The minimum atomic E-state index is -0.137. The van der Waals surface area contributed by atoms with E-state index in [1.165, 1.54) is 11.3 Å². The lowest BCUT2D eigenvalue weighted by Crippen LogP contribution is -2.32. The molecule has 3 heterocycles. The van der Waals surface area contributed by atoms with Crippen molar-refractivity contribution in [2.45, 2.75) is 40.0 Å². The van der Waals surface area contributed by atoms with Gasteiger partial charge in [-0.3, -0.25) is 9.59 Å². The first-order valence-electron chi connectivity index (χ1n) is 8.27. The number of carbonyl (C=O) groups excluding carboxylic acids is 2. The molecule has 2 amide bonds. The molecular formula is C17H22N4O2S. The summed E-state index contributed by atoms with van der Waals surface area (Å²) >= 11 is 1.39. The van der Waals surface area contributed by atoms with Gasteiger partial charge in [-0.1, -0.05) is 0 Å². The average Bonchev–Trinajstić information content (AvgIpc) is 3.15. The molecule has 3 rings (SSSR count). The normalized spacial score (nSPS) is 14.4. The minimum Gasteiger partial charge on any atom is -0.351 e. The van der Waals surface area contributed by atoms with E-state index in [2.05, 4.69) is 15.3 Å². The van der Waals surface area contributed by atoms with Crippen LogP contribution in [0.1, 0.15) is 46.0 Å². The van der Waals surface area contributed by atoms with Crippen molar-refractivity contribution in [2.75, 3.05) is 19.6 Å². The molecule has 0 saturated carbocycles. The van der Waals surface area contributed by atoms with Gasteiger partial charge in [0.2, 0.25) is 5.91 Å². The Hall–Kier alpha value is -2.02. The Morgan fingerprint density at radius 1 is 1.17 bits per heavy atom. The van der Waals surface area contributed by atoms with Crippen LogP contribution in [0.5, 0.6) is 0 Å². The zero-order chi connectivity index (χ0) is 17.3. The predicted octanol–water partition coefficient (Wildman–Crippen LogP) is 2.36. The van der Waals surface area contributed by atoms with Gasteiger partial charge in [-0.25, -0.2) is 9.97 Å². The summed E-state index contributed by atoms with van der Waals surface area (Å²) in [4.78, 5) is 36.6. The summed E-state index contributed by atoms with van der Waals surface area (Å²) in [6.07, 6.45) is 2.52. The Labute approximate surface area is 145 Å². The summed E-state index contributed by atoms with van der Waals surface area (Å²) in [5.74, 6) is 0.699. The highest BCUT2D eigenvalue weighted by Gasteiger charge is 2.20. The lowest BCUT2D eigenvalue weighted by molar-refractivity contribution is -0.129. The van der Waals surface area contributed by atoms with Gasteiger partial charge < -0.3 is 10.2 Å². The Morgan fingerprint density at radius 2 is 1.88 bits per heavy atom. The highest BCUT2D eigenvalue weighted by atomic mass is 32.1. The van der Waals surface area contributed by atoms with Gasteiger partial charge in [0.25, 0.3) is 5.91 Å². The summed E-state index contributed by atoms with van der Waals surface area (Å²) in [5, 5.41) is 3.83. The van der Waals surface area contributed by atoms with Gasteiger partial charge >= 0.3 is 0 Å². The van der Waals surface area contributed by atoms with E-state index in [9.17, 15) is 9.59 Å². The summed E-state index contributed by atoms with van der Waals surface area (Å²) in [5.41, 5.74) is 1.81. The molecule has 0 aliphatic carbocycles. The molecule has 1 saturated heterocycles. The molecule has 0 spiro atoms. The van der Waals surface area contributed by atoms with E-state index < -0.39 is 0 Å². The largest absolute Gasteiger partial charge is 0.351 e. The van der Waals surface area contributed by atoms with Gasteiger partial charge in [0.05, 0.1) is 4.88 Å². The number of hydrogen-bond donors (Lipinski definition) is 1. The number of thiophene rings is 1. The van der Waals surface area contributed by atoms with Gasteiger partial charge in [0, 0.05) is 37.1 Å². The number of rotatable bonds is 4. The lowest BCUT2D eigenvalue weighted by Gasteiger charge is -2.15. The van der Waals surface area contributed by atoms with Crippen LogP contribution in [0.25, 0.3) is 10.2 Å². The molecule has 0 atom stereocenters. The second kappa shape index (κ2) is 6.84. The maximum absolute atomic E-state index is 12.5. The van der Waals surface area contributed by atoms with Crippen LogP contribution < -0.4 is 5.32 Å². The third-order valence-corrected chi connectivity index (χ3v) is 5.56. The van der Waals surface area contributed by atoms with Crippen LogP contribution in [0.4, 0.5) is 0 Å². The maximum Gasteiger partial charge on any atom is 0.261 e. The highest BCUT2D eigenvalue weighted by Crippen LogP contribution is 2.31. The zero-order valence-electron chi connectivity index (χ0n) is 14.3. The first-order valence-corrected chi connectivity index (χ1v) is 9.09. The van der Waals surface area contributed by atoms with E-state index in [0.29, 0.717) is 23.7 Å². The van der Waals surface area contributed by atoms with Crippen LogP contribution in [-0.4, -0.2) is 46.3 Å². The Morgan fingerprint density at radius 3 is 2.58 bits per heavy atom. The Bertz CT molecular complexity index is 793. The number of hydrogen-bond acceptors (Lipinski definition) is 5. The zero-order valence-corrected chi connectivity index (χ0v) is 15.1. The molecule has 24 heavy (non-hydrogen) atoms. The van der Waals surface area contributed by atoms with Crippen LogP contribution in [0, 0.1) is 20.8 Å². The van der Waals surface area contributed by atoms with Crippen LogP contribution in [0.15, 0.2) is 0 Å². The fourth-order valence-electron chi connectivity index (χ4n) is 3.18. The fourth-order valence-corrected chi connectivity index (χ4v) is 4.37.